The SMILES string of the molecule is Cc1nc(N2CC(C)(C)OC(C)(C)C2)sc1C(=O)O. The number of carboxylic acid groups (broad SMARTS) is 1. The zero-order valence-corrected chi connectivity index (χ0v) is 12.8. The van der Waals surface area contributed by atoms with Crippen LogP contribution in [-0.4, -0.2) is 40.4 Å². The van der Waals surface area contributed by atoms with Crippen molar-refractivity contribution in [3.63, 3.8) is 0 Å². The van der Waals surface area contributed by atoms with Crippen molar-refractivity contribution in [3.8, 4) is 0 Å². The Morgan fingerprint density at radius 3 is 2.26 bits per heavy atom. The summed E-state index contributed by atoms with van der Waals surface area (Å²) in [5, 5.41) is 9.87. The molecule has 1 aromatic heterocycles. The maximum absolute atomic E-state index is 11.1. The predicted octanol–water partition coefficient (Wildman–Crippen LogP) is 2.54. The smallest absolute Gasteiger partial charge is 0.347 e. The quantitative estimate of drug-likeness (QED) is 0.904. The third-order valence-corrected chi connectivity index (χ3v) is 4.15. The van der Waals surface area contributed by atoms with Gasteiger partial charge in [0, 0.05) is 13.1 Å². The van der Waals surface area contributed by atoms with Crippen LogP contribution in [0.1, 0.15) is 43.1 Å². The second-order valence-corrected chi connectivity index (χ2v) is 7.17. The van der Waals surface area contributed by atoms with Crippen molar-refractivity contribution in [2.75, 3.05) is 18.0 Å². The molecule has 106 valence electrons. The van der Waals surface area contributed by atoms with Gasteiger partial charge in [0.25, 0.3) is 0 Å². The van der Waals surface area contributed by atoms with Crippen molar-refractivity contribution >= 4 is 22.4 Å². The van der Waals surface area contributed by atoms with E-state index in [4.69, 9.17) is 9.84 Å². The highest BCUT2D eigenvalue weighted by atomic mass is 32.1. The molecule has 5 nitrogen and oxygen atoms in total. The van der Waals surface area contributed by atoms with Gasteiger partial charge >= 0.3 is 5.97 Å². The summed E-state index contributed by atoms with van der Waals surface area (Å²) in [5.41, 5.74) is 0.0321. The zero-order chi connectivity index (χ0) is 14.4. The first-order chi connectivity index (χ1) is 8.60. The summed E-state index contributed by atoms with van der Waals surface area (Å²) in [6, 6.07) is 0. The minimum absolute atomic E-state index is 0.273. The second-order valence-electron chi connectivity index (χ2n) is 6.19. The van der Waals surface area contributed by atoms with E-state index in [2.05, 4.69) is 9.88 Å². The third kappa shape index (κ3) is 3.06. The molecule has 0 unspecified atom stereocenters. The number of hydrogen-bond acceptors (Lipinski definition) is 5. The number of nitrogens with zero attached hydrogens (tertiary/aromatic N) is 2. The van der Waals surface area contributed by atoms with Gasteiger partial charge in [0.15, 0.2) is 5.13 Å². The number of hydrogen-bond donors (Lipinski definition) is 1. The van der Waals surface area contributed by atoms with Crippen LogP contribution >= 0.6 is 11.3 Å². The number of anilines is 1. The minimum atomic E-state index is -0.909. The normalized spacial score (nSPS) is 21.4. The van der Waals surface area contributed by atoms with Gasteiger partial charge in [-0.15, -0.1) is 0 Å². The van der Waals surface area contributed by atoms with Crippen LogP contribution in [-0.2, 0) is 4.74 Å². The summed E-state index contributed by atoms with van der Waals surface area (Å²) in [4.78, 5) is 17.9. The highest BCUT2D eigenvalue weighted by Gasteiger charge is 2.39. The monoisotopic (exact) mass is 284 g/mol. The Morgan fingerprint density at radius 1 is 1.32 bits per heavy atom. The molecule has 0 radical (unpaired) electrons. The van der Waals surface area contributed by atoms with E-state index in [1.54, 1.807) is 6.92 Å². The molecule has 1 saturated heterocycles. The van der Waals surface area contributed by atoms with Crippen molar-refractivity contribution < 1.29 is 14.6 Å². The van der Waals surface area contributed by atoms with E-state index in [0.717, 1.165) is 5.13 Å². The minimum Gasteiger partial charge on any atom is -0.477 e. The number of rotatable bonds is 2. The molecule has 1 N–H and O–H groups in total. The first kappa shape index (κ1) is 14.3. The molecule has 1 aromatic rings. The maximum atomic E-state index is 11.1. The number of thiazole rings is 1. The van der Waals surface area contributed by atoms with Gasteiger partial charge in [-0.25, -0.2) is 9.78 Å². The van der Waals surface area contributed by atoms with Gasteiger partial charge in [-0.2, -0.15) is 0 Å². The van der Waals surface area contributed by atoms with Crippen molar-refractivity contribution in [2.24, 2.45) is 0 Å². The van der Waals surface area contributed by atoms with Crippen LogP contribution < -0.4 is 4.90 Å². The lowest BCUT2D eigenvalue weighted by molar-refractivity contribution is -0.133. The van der Waals surface area contributed by atoms with E-state index in [1.165, 1.54) is 11.3 Å². The fourth-order valence-corrected chi connectivity index (χ4v) is 3.54. The molecule has 1 aliphatic heterocycles. The number of morpholine rings is 1. The molecule has 0 saturated carbocycles. The van der Waals surface area contributed by atoms with Crippen LogP contribution in [0, 0.1) is 6.92 Å². The fraction of sp³-hybridized carbons (Fsp3) is 0.692. The highest BCUT2D eigenvalue weighted by Crippen LogP contribution is 2.34. The Balaban J connectivity index is 2.31. The van der Waals surface area contributed by atoms with E-state index in [0.29, 0.717) is 23.7 Å². The van der Waals surface area contributed by atoms with Crippen LogP contribution in [0.25, 0.3) is 0 Å². The average Bonchev–Trinajstić information content (AvgIpc) is 2.55. The summed E-state index contributed by atoms with van der Waals surface area (Å²) in [7, 11) is 0. The van der Waals surface area contributed by atoms with E-state index in [1.807, 2.05) is 27.7 Å². The lowest BCUT2D eigenvalue weighted by atomic mass is 9.99. The Morgan fingerprint density at radius 2 is 1.84 bits per heavy atom. The Bertz CT molecular complexity index is 492. The standard InChI is InChI=1S/C13H20N2O3S/c1-8-9(10(16)17)19-11(14-8)15-6-12(2,3)18-13(4,5)7-15/h6-7H2,1-5H3,(H,16,17). The summed E-state index contributed by atoms with van der Waals surface area (Å²) in [6.07, 6.45) is 0. The van der Waals surface area contributed by atoms with Gasteiger partial charge in [-0.3, -0.25) is 0 Å². The molecule has 1 aliphatic rings. The second kappa shape index (κ2) is 4.45. The van der Waals surface area contributed by atoms with E-state index in [-0.39, 0.29) is 11.2 Å². The van der Waals surface area contributed by atoms with Gasteiger partial charge < -0.3 is 14.7 Å². The van der Waals surface area contributed by atoms with Crippen molar-refractivity contribution in [2.45, 2.75) is 45.8 Å². The molecule has 0 atom stereocenters. The first-order valence-electron chi connectivity index (χ1n) is 6.25. The molecule has 0 aromatic carbocycles. The number of carbonyl (C=O) groups is 1. The highest BCUT2D eigenvalue weighted by molar-refractivity contribution is 7.17. The van der Waals surface area contributed by atoms with Crippen molar-refractivity contribution in [1.29, 1.82) is 0 Å². The zero-order valence-electron chi connectivity index (χ0n) is 12.0. The third-order valence-electron chi connectivity index (χ3n) is 2.95. The molecule has 0 spiro atoms. The number of aromatic nitrogens is 1. The summed E-state index contributed by atoms with van der Waals surface area (Å²) >= 11 is 1.24. The van der Waals surface area contributed by atoms with Crippen LogP contribution in [0.5, 0.6) is 0 Å². The Hall–Kier alpha value is -1.14. The van der Waals surface area contributed by atoms with Crippen LogP contribution in [0.15, 0.2) is 0 Å². The Kier molecular flexibility index (Phi) is 3.35. The molecule has 19 heavy (non-hydrogen) atoms. The van der Waals surface area contributed by atoms with Gasteiger partial charge in [0.05, 0.1) is 16.9 Å². The van der Waals surface area contributed by atoms with Gasteiger partial charge in [-0.1, -0.05) is 11.3 Å². The molecular weight excluding hydrogens is 264 g/mol. The van der Waals surface area contributed by atoms with Crippen LogP contribution in [0.4, 0.5) is 5.13 Å². The lowest BCUT2D eigenvalue weighted by Gasteiger charge is -2.47. The molecule has 0 bridgehead atoms. The molecule has 2 rings (SSSR count). The molecule has 1 fully saturated rings. The summed E-state index contributed by atoms with van der Waals surface area (Å²) in [5.74, 6) is -0.909. The fourth-order valence-electron chi connectivity index (χ4n) is 2.64. The number of ether oxygens (including phenoxy) is 1. The summed E-state index contributed by atoms with van der Waals surface area (Å²) < 4.78 is 6.02. The van der Waals surface area contributed by atoms with E-state index < -0.39 is 5.97 Å². The van der Waals surface area contributed by atoms with Crippen molar-refractivity contribution in [1.82, 2.24) is 4.98 Å². The first-order valence-corrected chi connectivity index (χ1v) is 7.07. The largest absolute Gasteiger partial charge is 0.477 e. The van der Waals surface area contributed by atoms with Gasteiger partial charge in [0.1, 0.15) is 4.88 Å². The molecule has 2 heterocycles. The molecule has 6 heteroatoms. The predicted molar refractivity (Wildman–Crippen MR) is 75.3 cm³/mol. The molecular formula is C13H20N2O3S. The average molecular weight is 284 g/mol. The lowest BCUT2D eigenvalue weighted by Crippen LogP contribution is -2.57. The van der Waals surface area contributed by atoms with Gasteiger partial charge in [0.2, 0.25) is 0 Å². The van der Waals surface area contributed by atoms with Crippen LogP contribution in [0.3, 0.4) is 0 Å². The van der Waals surface area contributed by atoms with Crippen molar-refractivity contribution in [3.05, 3.63) is 10.6 Å². The number of aryl methyl sites for hydroxylation is 1. The number of aromatic carboxylic acids is 1. The maximum Gasteiger partial charge on any atom is 0.347 e. The van der Waals surface area contributed by atoms with E-state index >= 15 is 0 Å². The van der Waals surface area contributed by atoms with Crippen LogP contribution in [0.2, 0.25) is 0 Å². The summed E-state index contributed by atoms with van der Waals surface area (Å²) in [6.45, 7) is 11.3. The van der Waals surface area contributed by atoms with E-state index in [9.17, 15) is 4.79 Å². The number of carboxylic acids is 1. The Labute approximate surface area is 117 Å². The molecule has 0 aliphatic carbocycles. The topological polar surface area (TPSA) is 62.7 Å². The van der Waals surface area contributed by atoms with Gasteiger partial charge in [-0.05, 0) is 34.6 Å². The molecule has 0 amide bonds.